The molecule has 0 amide bonds. The third-order valence-corrected chi connectivity index (χ3v) is 2.49. The lowest BCUT2D eigenvalue weighted by molar-refractivity contribution is 0.0697. The van der Waals surface area contributed by atoms with Crippen LogP contribution in [0, 0.1) is 11.3 Å². The number of nitriles is 1. The molecule has 17 heavy (non-hydrogen) atoms. The normalized spacial score (nSPS) is 9.65. The molecule has 0 aromatic heterocycles. The molecule has 0 spiro atoms. The van der Waals surface area contributed by atoms with E-state index in [1.165, 1.54) is 12.1 Å². The first-order valence-corrected chi connectivity index (χ1v) is 5.34. The molecule has 0 aliphatic heterocycles. The van der Waals surface area contributed by atoms with Gasteiger partial charge in [0, 0.05) is 13.1 Å². The summed E-state index contributed by atoms with van der Waals surface area (Å²) in [5, 5.41) is 17.4. The molecule has 1 aromatic carbocycles. The van der Waals surface area contributed by atoms with Gasteiger partial charge in [0.25, 0.3) is 0 Å². The van der Waals surface area contributed by atoms with Gasteiger partial charge in [-0.2, -0.15) is 5.26 Å². The molecule has 5 heteroatoms. The Labute approximate surface area is 100 Å². The van der Waals surface area contributed by atoms with Crippen LogP contribution >= 0.6 is 0 Å². The van der Waals surface area contributed by atoms with Crippen LogP contribution in [0.3, 0.4) is 0 Å². The summed E-state index contributed by atoms with van der Waals surface area (Å²) in [4.78, 5) is 12.7. The van der Waals surface area contributed by atoms with E-state index in [4.69, 9.17) is 16.1 Å². The van der Waals surface area contributed by atoms with E-state index in [2.05, 4.69) is 6.07 Å². The molecule has 0 aliphatic rings. The zero-order valence-corrected chi connectivity index (χ0v) is 9.68. The summed E-state index contributed by atoms with van der Waals surface area (Å²) in [5.41, 5.74) is 7.18. The van der Waals surface area contributed by atoms with Crippen LogP contribution in [0.15, 0.2) is 18.2 Å². The summed E-state index contributed by atoms with van der Waals surface area (Å²) >= 11 is 0. The van der Waals surface area contributed by atoms with Gasteiger partial charge in [0.15, 0.2) is 0 Å². The second-order valence-corrected chi connectivity index (χ2v) is 3.57. The largest absolute Gasteiger partial charge is 0.478 e. The molecule has 5 nitrogen and oxygen atoms in total. The van der Waals surface area contributed by atoms with Crippen molar-refractivity contribution in [1.82, 2.24) is 0 Å². The van der Waals surface area contributed by atoms with E-state index in [9.17, 15) is 4.79 Å². The van der Waals surface area contributed by atoms with E-state index in [-0.39, 0.29) is 5.56 Å². The highest BCUT2D eigenvalue weighted by Crippen LogP contribution is 2.24. The van der Waals surface area contributed by atoms with Crippen molar-refractivity contribution in [2.75, 3.05) is 23.7 Å². The predicted octanol–water partition coefficient (Wildman–Crippen LogP) is 1.71. The van der Waals surface area contributed by atoms with E-state index >= 15 is 0 Å². The van der Waals surface area contributed by atoms with Gasteiger partial charge in [-0.15, -0.1) is 0 Å². The van der Waals surface area contributed by atoms with Crippen molar-refractivity contribution in [2.45, 2.75) is 13.3 Å². The lowest BCUT2D eigenvalue weighted by atomic mass is 10.1. The topological polar surface area (TPSA) is 90.3 Å². The van der Waals surface area contributed by atoms with Gasteiger partial charge < -0.3 is 15.7 Å². The third kappa shape index (κ3) is 3.11. The predicted molar refractivity (Wildman–Crippen MR) is 65.9 cm³/mol. The molecule has 1 aromatic rings. The average Bonchev–Trinajstić information content (AvgIpc) is 2.31. The zero-order valence-electron chi connectivity index (χ0n) is 9.68. The standard InChI is InChI=1S/C12H15N3O2/c1-2-15(7-3-6-13)11-5-4-9(12(16)17)8-10(11)14/h4-5,8H,2-3,7,14H2,1H3,(H,16,17). The lowest BCUT2D eigenvalue weighted by Crippen LogP contribution is -2.24. The van der Waals surface area contributed by atoms with E-state index in [1.807, 2.05) is 11.8 Å². The molecule has 0 saturated carbocycles. The minimum Gasteiger partial charge on any atom is -0.478 e. The van der Waals surface area contributed by atoms with Crippen molar-refractivity contribution in [3.63, 3.8) is 0 Å². The molecule has 0 unspecified atom stereocenters. The molecule has 0 heterocycles. The molecular weight excluding hydrogens is 218 g/mol. The van der Waals surface area contributed by atoms with Crippen LogP contribution < -0.4 is 10.6 Å². The third-order valence-electron chi connectivity index (χ3n) is 2.49. The highest BCUT2D eigenvalue weighted by atomic mass is 16.4. The number of carboxylic acid groups (broad SMARTS) is 1. The van der Waals surface area contributed by atoms with E-state index in [0.717, 1.165) is 12.2 Å². The number of hydrogen-bond acceptors (Lipinski definition) is 4. The smallest absolute Gasteiger partial charge is 0.335 e. The molecule has 0 fully saturated rings. The van der Waals surface area contributed by atoms with Crippen molar-refractivity contribution in [2.24, 2.45) is 0 Å². The maximum Gasteiger partial charge on any atom is 0.335 e. The summed E-state index contributed by atoms with van der Waals surface area (Å²) in [6.45, 7) is 3.27. The van der Waals surface area contributed by atoms with Crippen LogP contribution in [0.4, 0.5) is 11.4 Å². The SMILES string of the molecule is CCN(CCC#N)c1ccc(C(=O)O)cc1N. The van der Waals surface area contributed by atoms with Crippen LogP contribution in [0.2, 0.25) is 0 Å². The Morgan fingerprint density at radius 1 is 1.59 bits per heavy atom. The van der Waals surface area contributed by atoms with E-state index in [0.29, 0.717) is 18.7 Å². The van der Waals surface area contributed by atoms with E-state index in [1.54, 1.807) is 6.07 Å². The summed E-state index contributed by atoms with van der Waals surface area (Å²) in [7, 11) is 0. The first-order chi connectivity index (χ1) is 8.10. The monoisotopic (exact) mass is 233 g/mol. The Morgan fingerprint density at radius 3 is 2.76 bits per heavy atom. The number of rotatable bonds is 5. The highest BCUT2D eigenvalue weighted by Gasteiger charge is 2.10. The maximum absolute atomic E-state index is 10.8. The minimum absolute atomic E-state index is 0.169. The Kier molecular flexibility index (Phi) is 4.35. The first kappa shape index (κ1) is 12.8. The van der Waals surface area contributed by atoms with Gasteiger partial charge in [0.2, 0.25) is 0 Å². The van der Waals surface area contributed by atoms with Gasteiger partial charge >= 0.3 is 5.97 Å². The highest BCUT2D eigenvalue weighted by molar-refractivity contribution is 5.90. The number of nitrogen functional groups attached to an aromatic ring is 1. The molecular formula is C12H15N3O2. The van der Waals surface area contributed by atoms with E-state index < -0.39 is 5.97 Å². The van der Waals surface area contributed by atoms with Gasteiger partial charge in [0.1, 0.15) is 0 Å². The molecule has 0 aliphatic carbocycles. The Morgan fingerprint density at radius 2 is 2.29 bits per heavy atom. The Hall–Kier alpha value is -2.22. The van der Waals surface area contributed by atoms with Crippen molar-refractivity contribution in [3.8, 4) is 6.07 Å². The average molecular weight is 233 g/mol. The van der Waals surface area contributed by atoms with Gasteiger partial charge in [-0.1, -0.05) is 0 Å². The second-order valence-electron chi connectivity index (χ2n) is 3.57. The number of nitrogens with zero attached hydrogens (tertiary/aromatic N) is 2. The number of anilines is 2. The fourth-order valence-corrected chi connectivity index (χ4v) is 1.61. The fraction of sp³-hybridized carbons (Fsp3) is 0.333. The van der Waals surface area contributed by atoms with Crippen LogP contribution in [-0.4, -0.2) is 24.2 Å². The summed E-state index contributed by atoms with van der Waals surface area (Å²) in [5.74, 6) is -0.997. The van der Waals surface area contributed by atoms with Gasteiger partial charge in [-0.3, -0.25) is 0 Å². The second kappa shape index (κ2) is 5.75. The molecule has 1 rings (SSSR count). The van der Waals surface area contributed by atoms with Crippen molar-refractivity contribution < 1.29 is 9.90 Å². The minimum atomic E-state index is -0.997. The number of carboxylic acids is 1. The quantitative estimate of drug-likeness (QED) is 0.755. The number of carbonyl (C=O) groups is 1. The first-order valence-electron chi connectivity index (χ1n) is 5.34. The summed E-state index contributed by atoms with van der Waals surface area (Å²) < 4.78 is 0. The summed E-state index contributed by atoms with van der Waals surface area (Å²) in [6.07, 6.45) is 0.411. The maximum atomic E-state index is 10.8. The summed E-state index contributed by atoms with van der Waals surface area (Å²) in [6, 6.07) is 6.71. The fourth-order valence-electron chi connectivity index (χ4n) is 1.61. The number of benzene rings is 1. The molecule has 0 saturated heterocycles. The van der Waals surface area contributed by atoms with Gasteiger partial charge in [-0.05, 0) is 25.1 Å². The molecule has 90 valence electrons. The van der Waals surface area contributed by atoms with Crippen LogP contribution in [0.5, 0.6) is 0 Å². The molecule has 0 radical (unpaired) electrons. The lowest BCUT2D eigenvalue weighted by Gasteiger charge is -2.23. The number of aromatic carboxylic acids is 1. The Bertz CT molecular complexity index is 452. The number of hydrogen-bond donors (Lipinski definition) is 2. The molecule has 0 atom stereocenters. The Balaban J connectivity index is 2.97. The number of nitrogens with two attached hydrogens (primary N) is 1. The van der Waals surface area contributed by atoms with Crippen LogP contribution in [0.25, 0.3) is 0 Å². The van der Waals surface area contributed by atoms with Crippen LogP contribution in [0.1, 0.15) is 23.7 Å². The van der Waals surface area contributed by atoms with Crippen molar-refractivity contribution >= 4 is 17.3 Å². The van der Waals surface area contributed by atoms with Gasteiger partial charge in [-0.25, -0.2) is 4.79 Å². The zero-order chi connectivity index (χ0) is 12.8. The van der Waals surface area contributed by atoms with Crippen molar-refractivity contribution in [1.29, 1.82) is 5.26 Å². The molecule has 0 bridgehead atoms. The van der Waals surface area contributed by atoms with Crippen LogP contribution in [-0.2, 0) is 0 Å². The molecule has 3 N–H and O–H groups in total. The van der Waals surface area contributed by atoms with Crippen molar-refractivity contribution in [3.05, 3.63) is 23.8 Å². The van der Waals surface area contributed by atoms with Gasteiger partial charge in [0.05, 0.1) is 29.4 Å².